The maximum Gasteiger partial charge on any atom is 0.185 e. The van der Waals surface area contributed by atoms with Gasteiger partial charge in [-0.05, 0) is 0 Å². The standard InChI is InChI=1S/C7H14O6/c1-12-6-4(9)5(10)7(11,2-8)3-13-6/h4-6,8-11H,2-3H2,1H3. The van der Waals surface area contributed by atoms with Gasteiger partial charge in [0, 0.05) is 7.11 Å². The third-order valence-corrected chi connectivity index (χ3v) is 2.16. The number of aliphatic hydroxyl groups excluding tert-OH is 3. The quantitative estimate of drug-likeness (QED) is 0.386. The largest absolute Gasteiger partial charge is 0.393 e. The summed E-state index contributed by atoms with van der Waals surface area (Å²) in [6.45, 7) is -0.956. The molecule has 1 aliphatic heterocycles. The Labute approximate surface area is 75.3 Å². The molecule has 1 fully saturated rings. The van der Waals surface area contributed by atoms with Gasteiger partial charge in [0.2, 0.25) is 0 Å². The van der Waals surface area contributed by atoms with E-state index in [2.05, 4.69) is 4.74 Å². The van der Waals surface area contributed by atoms with Crippen LogP contribution in [-0.2, 0) is 9.47 Å². The second-order valence-corrected chi connectivity index (χ2v) is 3.11. The fourth-order valence-corrected chi connectivity index (χ4v) is 1.22. The zero-order valence-corrected chi connectivity index (χ0v) is 7.25. The zero-order chi connectivity index (χ0) is 10.1. The number of rotatable bonds is 2. The Hall–Kier alpha value is -0.240. The van der Waals surface area contributed by atoms with Crippen molar-refractivity contribution in [2.75, 3.05) is 20.3 Å². The molecule has 0 radical (unpaired) electrons. The molecule has 0 amide bonds. The number of aliphatic hydroxyl groups is 4. The third kappa shape index (κ3) is 1.83. The molecule has 4 unspecified atom stereocenters. The van der Waals surface area contributed by atoms with Crippen LogP contribution in [-0.4, -0.2) is 64.8 Å². The minimum absolute atomic E-state index is 0.278. The van der Waals surface area contributed by atoms with Gasteiger partial charge in [-0.15, -0.1) is 0 Å². The summed E-state index contributed by atoms with van der Waals surface area (Å²) in [7, 11) is 1.31. The van der Waals surface area contributed by atoms with Crippen molar-refractivity contribution < 1.29 is 29.9 Å². The van der Waals surface area contributed by atoms with Gasteiger partial charge in [-0.2, -0.15) is 0 Å². The van der Waals surface area contributed by atoms with Crippen LogP contribution in [0.2, 0.25) is 0 Å². The predicted octanol–water partition coefficient (Wildman–Crippen LogP) is -2.57. The van der Waals surface area contributed by atoms with Gasteiger partial charge in [-0.1, -0.05) is 0 Å². The normalized spacial score (nSPS) is 46.4. The van der Waals surface area contributed by atoms with E-state index in [4.69, 9.17) is 9.84 Å². The molecule has 0 aromatic heterocycles. The average Bonchev–Trinajstić information content (AvgIpc) is 2.15. The highest BCUT2D eigenvalue weighted by atomic mass is 16.7. The van der Waals surface area contributed by atoms with Crippen LogP contribution >= 0.6 is 0 Å². The first-order valence-electron chi connectivity index (χ1n) is 3.89. The summed E-state index contributed by atoms with van der Waals surface area (Å²) in [5.74, 6) is 0. The van der Waals surface area contributed by atoms with Gasteiger partial charge in [0.25, 0.3) is 0 Å². The summed E-state index contributed by atoms with van der Waals surface area (Å²) in [6.07, 6.45) is -3.81. The first-order chi connectivity index (χ1) is 6.05. The molecule has 0 aromatic carbocycles. The molecule has 1 aliphatic rings. The first-order valence-corrected chi connectivity index (χ1v) is 3.89. The van der Waals surface area contributed by atoms with Crippen LogP contribution < -0.4 is 0 Å². The molecule has 78 valence electrons. The van der Waals surface area contributed by atoms with Crippen LogP contribution in [0.4, 0.5) is 0 Å². The van der Waals surface area contributed by atoms with Crippen molar-refractivity contribution in [3.63, 3.8) is 0 Å². The number of hydrogen-bond donors (Lipinski definition) is 4. The molecule has 0 saturated carbocycles. The minimum Gasteiger partial charge on any atom is -0.393 e. The van der Waals surface area contributed by atoms with Crippen molar-refractivity contribution in [1.29, 1.82) is 0 Å². The molecule has 6 nitrogen and oxygen atoms in total. The van der Waals surface area contributed by atoms with Crippen molar-refractivity contribution in [3.8, 4) is 0 Å². The third-order valence-electron chi connectivity index (χ3n) is 2.16. The summed E-state index contributed by atoms with van der Waals surface area (Å²) in [5.41, 5.74) is -1.81. The Morgan fingerprint density at radius 2 is 2.15 bits per heavy atom. The Morgan fingerprint density at radius 3 is 2.62 bits per heavy atom. The SMILES string of the molecule is COC1OCC(O)(CO)C(O)C1O. The van der Waals surface area contributed by atoms with Gasteiger partial charge in [0.05, 0.1) is 13.2 Å². The van der Waals surface area contributed by atoms with Gasteiger partial charge in [0.15, 0.2) is 6.29 Å². The highest BCUT2D eigenvalue weighted by Crippen LogP contribution is 2.24. The van der Waals surface area contributed by atoms with Gasteiger partial charge in [0.1, 0.15) is 17.8 Å². The van der Waals surface area contributed by atoms with Crippen molar-refractivity contribution >= 4 is 0 Å². The lowest BCUT2D eigenvalue weighted by molar-refractivity contribution is -0.298. The van der Waals surface area contributed by atoms with Gasteiger partial charge >= 0.3 is 0 Å². The Balaban J connectivity index is 2.69. The Kier molecular flexibility index (Phi) is 3.23. The lowest BCUT2D eigenvalue weighted by Gasteiger charge is -2.41. The maximum atomic E-state index is 9.49. The van der Waals surface area contributed by atoms with Gasteiger partial charge in [-0.3, -0.25) is 0 Å². The second kappa shape index (κ2) is 3.87. The summed E-state index contributed by atoms with van der Waals surface area (Å²) < 4.78 is 9.56. The van der Waals surface area contributed by atoms with Crippen molar-refractivity contribution in [2.24, 2.45) is 0 Å². The lowest BCUT2D eigenvalue weighted by Crippen LogP contribution is -2.63. The van der Waals surface area contributed by atoms with Gasteiger partial charge in [-0.25, -0.2) is 0 Å². The molecule has 6 heteroatoms. The molecule has 0 aliphatic carbocycles. The summed E-state index contributed by atoms with van der Waals surface area (Å²) in [4.78, 5) is 0. The van der Waals surface area contributed by atoms with E-state index >= 15 is 0 Å². The van der Waals surface area contributed by atoms with E-state index in [1.165, 1.54) is 7.11 Å². The molecule has 1 rings (SSSR count). The van der Waals surface area contributed by atoms with Gasteiger partial charge < -0.3 is 29.9 Å². The van der Waals surface area contributed by atoms with Crippen LogP contribution in [0.3, 0.4) is 0 Å². The van der Waals surface area contributed by atoms with Crippen LogP contribution in [0.5, 0.6) is 0 Å². The molecule has 4 N–H and O–H groups in total. The highest BCUT2D eigenvalue weighted by Gasteiger charge is 2.48. The average molecular weight is 194 g/mol. The van der Waals surface area contributed by atoms with E-state index in [9.17, 15) is 15.3 Å². The van der Waals surface area contributed by atoms with E-state index < -0.39 is 30.7 Å². The second-order valence-electron chi connectivity index (χ2n) is 3.11. The maximum absolute atomic E-state index is 9.49. The number of ether oxygens (including phenoxy) is 2. The molecule has 13 heavy (non-hydrogen) atoms. The molecule has 0 aromatic rings. The lowest BCUT2D eigenvalue weighted by atomic mass is 9.91. The zero-order valence-electron chi connectivity index (χ0n) is 7.25. The fraction of sp³-hybridized carbons (Fsp3) is 1.00. The van der Waals surface area contributed by atoms with Crippen molar-refractivity contribution in [1.82, 2.24) is 0 Å². The smallest absolute Gasteiger partial charge is 0.185 e. The summed E-state index contributed by atoms with van der Waals surface area (Å²) >= 11 is 0. The van der Waals surface area contributed by atoms with E-state index in [1.807, 2.05) is 0 Å². The van der Waals surface area contributed by atoms with E-state index in [-0.39, 0.29) is 6.61 Å². The first kappa shape index (κ1) is 10.8. The monoisotopic (exact) mass is 194 g/mol. The molecular formula is C7H14O6. The van der Waals surface area contributed by atoms with Crippen molar-refractivity contribution in [2.45, 2.75) is 24.1 Å². The molecule has 0 bridgehead atoms. The van der Waals surface area contributed by atoms with E-state index in [0.29, 0.717) is 0 Å². The van der Waals surface area contributed by atoms with Crippen LogP contribution in [0.15, 0.2) is 0 Å². The molecule has 1 heterocycles. The number of methoxy groups -OCH3 is 1. The minimum atomic E-state index is -1.81. The Bertz CT molecular complexity index is 174. The van der Waals surface area contributed by atoms with E-state index in [1.54, 1.807) is 0 Å². The molecule has 0 spiro atoms. The van der Waals surface area contributed by atoms with Crippen LogP contribution in [0.1, 0.15) is 0 Å². The fourth-order valence-electron chi connectivity index (χ4n) is 1.22. The van der Waals surface area contributed by atoms with Crippen LogP contribution in [0.25, 0.3) is 0 Å². The Morgan fingerprint density at radius 1 is 1.54 bits per heavy atom. The highest BCUT2D eigenvalue weighted by molar-refractivity contribution is 4.95. The number of hydrogen-bond acceptors (Lipinski definition) is 6. The van der Waals surface area contributed by atoms with Crippen LogP contribution in [0, 0.1) is 0 Å². The summed E-state index contributed by atoms with van der Waals surface area (Å²) in [6, 6.07) is 0. The summed E-state index contributed by atoms with van der Waals surface area (Å²) in [5, 5.41) is 37.0. The predicted molar refractivity (Wildman–Crippen MR) is 40.8 cm³/mol. The van der Waals surface area contributed by atoms with E-state index in [0.717, 1.165) is 0 Å². The molecule has 4 atom stereocenters. The molecular weight excluding hydrogens is 180 g/mol. The van der Waals surface area contributed by atoms with Crippen molar-refractivity contribution in [3.05, 3.63) is 0 Å². The molecule has 1 saturated heterocycles. The topological polar surface area (TPSA) is 99.4 Å².